The molecule has 1 atom stereocenters. The summed E-state index contributed by atoms with van der Waals surface area (Å²) in [4.78, 5) is 4.03. The zero-order valence-electron chi connectivity index (χ0n) is 10.2. The minimum absolute atomic E-state index is 0.626. The van der Waals surface area contributed by atoms with Gasteiger partial charge in [0.1, 0.15) is 0 Å². The molecule has 1 rings (SSSR count). The molecule has 1 aromatic rings. The normalized spacial score (nSPS) is 12.6. The van der Waals surface area contributed by atoms with Crippen molar-refractivity contribution >= 4 is 11.6 Å². The second kappa shape index (κ2) is 8.58. The van der Waals surface area contributed by atoms with Crippen LogP contribution in [-0.4, -0.2) is 10.9 Å². The summed E-state index contributed by atoms with van der Waals surface area (Å²) in [5.74, 6) is 1.40. The Bertz CT molecular complexity index is 261. The number of nitrogens with zero attached hydrogens (tertiary/aromatic N) is 1. The maximum Gasteiger partial charge on any atom is 0.0270 e. The first-order chi connectivity index (χ1) is 7.86. The molecule has 2 heteroatoms. The third-order valence-electron chi connectivity index (χ3n) is 2.96. The third-order valence-corrected chi connectivity index (χ3v) is 3.39. The number of rotatable bonds is 8. The number of hydrogen-bond donors (Lipinski definition) is 0. The van der Waals surface area contributed by atoms with Gasteiger partial charge in [-0.25, -0.2) is 0 Å². The molecule has 1 unspecified atom stereocenters. The molecular formula is C14H22ClN. The molecule has 0 saturated heterocycles. The molecule has 0 aliphatic rings. The Hall–Kier alpha value is -0.560. The van der Waals surface area contributed by atoms with E-state index in [1.54, 1.807) is 0 Å². The van der Waals surface area contributed by atoms with Crippen LogP contribution in [0.1, 0.15) is 44.6 Å². The Morgan fingerprint density at radius 2 is 1.94 bits per heavy atom. The topological polar surface area (TPSA) is 12.9 Å². The molecule has 90 valence electrons. The van der Waals surface area contributed by atoms with E-state index in [9.17, 15) is 0 Å². The van der Waals surface area contributed by atoms with Crippen molar-refractivity contribution in [1.29, 1.82) is 0 Å². The number of alkyl halides is 1. The van der Waals surface area contributed by atoms with Gasteiger partial charge in [-0.3, -0.25) is 4.98 Å². The average Bonchev–Trinajstić information content (AvgIpc) is 2.34. The standard InChI is InChI=1S/C14H22ClN/c1-2-3-4-5-6-14(12-15)11-13-7-9-16-10-8-13/h7-10,14H,2-6,11-12H2,1H3. The van der Waals surface area contributed by atoms with E-state index in [2.05, 4.69) is 24.0 Å². The summed E-state index contributed by atoms with van der Waals surface area (Å²) >= 11 is 6.01. The highest BCUT2D eigenvalue weighted by Gasteiger charge is 2.07. The zero-order valence-corrected chi connectivity index (χ0v) is 10.9. The van der Waals surface area contributed by atoms with Crippen LogP contribution in [-0.2, 0) is 6.42 Å². The van der Waals surface area contributed by atoms with Crippen LogP contribution >= 0.6 is 11.6 Å². The van der Waals surface area contributed by atoms with Crippen molar-refractivity contribution < 1.29 is 0 Å². The molecule has 0 amide bonds. The molecular weight excluding hydrogens is 218 g/mol. The summed E-state index contributed by atoms with van der Waals surface area (Å²) in [7, 11) is 0. The first-order valence-electron chi connectivity index (χ1n) is 6.31. The van der Waals surface area contributed by atoms with Crippen molar-refractivity contribution in [2.75, 3.05) is 5.88 Å². The van der Waals surface area contributed by atoms with E-state index in [-0.39, 0.29) is 0 Å². The van der Waals surface area contributed by atoms with E-state index in [0.717, 1.165) is 12.3 Å². The lowest BCUT2D eigenvalue weighted by atomic mass is 9.95. The Balaban J connectivity index is 2.26. The summed E-state index contributed by atoms with van der Waals surface area (Å²) < 4.78 is 0. The molecule has 0 fully saturated rings. The summed E-state index contributed by atoms with van der Waals surface area (Å²) in [6, 6.07) is 4.18. The molecule has 0 bridgehead atoms. The summed E-state index contributed by atoms with van der Waals surface area (Å²) in [5, 5.41) is 0. The molecule has 0 radical (unpaired) electrons. The van der Waals surface area contributed by atoms with Gasteiger partial charge >= 0.3 is 0 Å². The van der Waals surface area contributed by atoms with Gasteiger partial charge in [0.05, 0.1) is 0 Å². The van der Waals surface area contributed by atoms with Crippen molar-refractivity contribution in [2.45, 2.75) is 45.4 Å². The molecule has 0 spiro atoms. The van der Waals surface area contributed by atoms with E-state index in [1.807, 2.05) is 12.4 Å². The van der Waals surface area contributed by atoms with Gasteiger partial charge in [-0.1, -0.05) is 32.6 Å². The lowest BCUT2D eigenvalue weighted by molar-refractivity contribution is 0.491. The van der Waals surface area contributed by atoms with Crippen LogP contribution in [0, 0.1) is 5.92 Å². The van der Waals surface area contributed by atoms with Crippen molar-refractivity contribution in [1.82, 2.24) is 4.98 Å². The van der Waals surface area contributed by atoms with E-state index in [0.29, 0.717) is 5.92 Å². The van der Waals surface area contributed by atoms with Gasteiger partial charge in [-0.2, -0.15) is 0 Å². The summed E-state index contributed by atoms with van der Waals surface area (Å²) in [6.07, 6.45) is 11.4. The van der Waals surface area contributed by atoms with E-state index in [1.165, 1.54) is 37.7 Å². The summed E-state index contributed by atoms with van der Waals surface area (Å²) in [5.41, 5.74) is 1.36. The quantitative estimate of drug-likeness (QED) is 0.483. The third kappa shape index (κ3) is 5.50. The summed E-state index contributed by atoms with van der Waals surface area (Å²) in [6.45, 7) is 2.25. The highest BCUT2D eigenvalue weighted by molar-refractivity contribution is 6.18. The van der Waals surface area contributed by atoms with Crippen LogP contribution in [0.15, 0.2) is 24.5 Å². The zero-order chi connectivity index (χ0) is 11.6. The SMILES string of the molecule is CCCCCCC(CCl)Cc1ccncc1. The van der Waals surface area contributed by atoms with Gasteiger partial charge in [0.15, 0.2) is 0 Å². The van der Waals surface area contributed by atoms with Crippen LogP contribution in [0.4, 0.5) is 0 Å². The maximum absolute atomic E-state index is 6.01. The van der Waals surface area contributed by atoms with Gasteiger partial charge in [-0.15, -0.1) is 11.6 Å². The number of pyridine rings is 1. The van der Waals surface area contributed by atoms with Crippen LogP contribution in [0.25, 0.3) is 0 Å². The average molecular weight is 240 g/mol. The van der Waals surface area contributed by atoms with Crippen LogP contribution in [0.2, 0.25) is 0 Å². The van der Waals surface area contributed by atoms with E-state index < -0.39 is 0 Å². The Morgan fingerprint density at radius 1 is 1.19 bits per heavy atom. The minimum Gasteiger partial charge on any atom is -0.265 e. The van der Waals surface area contributed by atoms with Gasteiger partial charge in [-0.05, 0) is 36.5 Å². The van der Waals surface area contributed by atoms with Gasteiger partial charge in [0, 0.05) is 18.3 Å². The molecule has 1 nitrogen and oxygen atoms in total. The molecule has 1 heterocycles. The molecule has 0 aliphatic carbocycles. The fraction of sp³-hybridized carbons (Fsp3) is 0.643. The van der Waals surface area contributed by atoms with E-state index >= 15 is 0 Å². The predicted molar refractivity (Wildman–Crippen MR) is 70.9 cm³/mol. The molecule has 1 aromatic heterocycles. The first kappa shape index (κ1) is 13.5. The lowest BCUT2D eigenvalue weighted by Crippen LogP contribution is -2.06. The highest BCUT2D eigenvalue weighted by atomic mass is 35.5. The van der Waals surface area contributed by atoms with Crippen LogP contribution < -0.4 is 0 Å². The predicted octanol–water partition coefficient (Wildman–Crippen LogP) is 4.45. The van der Waals surface area contributed by atoms with Gasteiger partial charge < -0.3 is 0 Å². The van der Waals surface area contributed by atoms with Crippen LogP contribution in [0.5, 0.6) is 0 Å². The largest absolute Gasteiger partial charge is 0.265 e. The minimum atomic E-state index is 0.626. The fourth-order valence-electron chi connectivity index (χ4n) is 1.95. The Morgan fingerprint density at radius 3 is 2.56 bits per heavy atom. The molecule has 16 heavy (non-hydrogen) atoms. The van der Waals surface area contributed by atoms with Crippen molar-refractivity contribution in [2.24, 2.45) is 5.92 Å². The van der Waals surface area contributed by atoms with Crippen molar-refractivity contribution in [3.63, 3.8) is 0 Å². The molecule has 0 aromatic carbocycles. The van der Waals surface area contributed by atoms with Crippen LogP contribution in [0.3, 0.4) is 0 Å². The van der Waals surface area contributed by atoms with Gasteiger partial charge in [0.25, 0.3) is 0 Å². The maximum atomic E-state index is 6.01. The first-order valence-corrected chi connectivity index (χ1v) is 6.85. The second-order valence-corrected chi connectivity index (χ2v) is 4.74. The second-order valence-electron chi connectivity index (χ2n) is 4.43. The number of aromatic nitrogens is 1. The lowest BCUT2D eigenvalue weighted by Gasteiger charge is -2.13. The smallest absolute Gasteiger partial charge is 0.0270 e. The fourth-order valence-corrected chi connectivity index (χ4v) is 2.21. The highest BCUT2D eigenvalue weighted by Crippen LogP contribution is 2.17. The van der Waals surface area contributed by atoms with Crippen molar-refractivity contribution in [3.05, 3.63) is 30.1 Å². The van der Waals surface area contributed by atoms with Gasteiger partial charge in [0.2, 0.25) is 0 Å². The Kier molecular flexibility index (Phi) is 7.24. The number of hydrogen-bond acceptors (Lipinski definition) is 1. The van der Waals surface area contributed by atoms with E-state index in [4.69, 9.17) is 11.6 Å². The Labute approximate surface area is 104 Å². The number of unbranched alkanes of at least 4 members (excludes halogenated alkanes) is 3. The molecule has 0 N–H and O–H groups in total. The van der Waals surface area contributed by atoms with Crippen molar-refractivity contribution in [3.8, 4) is 0 Å². The molecule has 0 aliphatic heterocycles. The number of halogens is 1. The monoisotopic (exact) mass is 239 g/mol. The molecule has 0 saturated carbocycles.